The molecule has 0 aliphatic rings. The standard InChI is InChI=1S/C40H30F2N2P/c1-28-40(27-45(33-11-5-2-6-12-33,34-13-7-3-8-14-34)35-15-9-4-10-16-35)44-39-26-37(30-19-23-32(42)24-20-30)36(25-38(39)43-28)29-17-21-31(41)22-18-29/h2-26H,27H2,1H3/q+1. The summed E-state index contributed by atoms with van der Waals surface area (Å²) < 4.78 is 27.8. The molecule has 0 radical (unpaired) electrons. The molecule has 0 fully saturated rings. The van der Waals surface area contributed by atoms with Crippen LogP contribution in [0, 0.1) is 18.6 Å². The van der Waals surface area contributed by atoms with Crippen LogP contribution >= 0.6 is 7.26 Å². The van der Waals surface area contributed by atoms with E-state index in [4.69, 9.17) is 9.97 Å². The molecule has 5 heteroatoms. The minimum atomic E-state index is -2.20. The van der Waals surface area contributed by atoms with Gasteiger partial charge in [0.25, 0.3) is 0 Å². The number of hydrogen-bond donors (Lipinski definition) is 0. The fraction of sp³-hybridized carbons (Fsp3) is 0.0500. The lowest BCUT2D eigenvalue weighted by atomic mass is 9.93. The van der Waals surface area contributed by atoms with Gasteiger partial charge in [0, 0.05) is 0 Å². The summed E-state index contributed by atoms with van der Waals surface area (Å²) in [6, 6.07) is 49.2. The lowest BCUT2D eigenvalue weighted by Crippen LogP contribution is -2.33. The average Bonchev–Trinajstić information content (AvgIpc) is 3.09. The summed E-state index contributed by atoms with van der Waals surface area (Å²) in [5.74, 6) is -0.603. The normalized spacial score (nSPS) is 11.5. The molecule has 0 atom stereocenters. The molecular formula is C40H30F2N2P+. The SMILES string of the molecule is Cc1nc2cc(-c3ccc(F)cc3)c(-c3ccc(F)cc3)cc2nc1C[P+](c1ccccc1)(c1ccccc1)c1ccccc1. The monoisotopic (exact) mass is 607 g/mol. The Bertz CT molecular complexity index is 1990. The first kappa shape index (κ1) is 28.7. The van der Waals surface area contributed by atoms with Crippen LogP contribution in [0.4, 0.5) is 8.78 Å². The van der Waals surface area contributed by atoms with Crippen LogP contribution < -0.4 is 15.9 Å². The Morgan fingerprint density at radius 1 is 0.489 bits per heavy atom. The molecule has 45 heavy (non-hydrogen) atoms. The number of rotatable bonds is 7. The van der Waals surface area contributed by atoms with Crippen molar-refractivity contribution in [1.82, 2.24) is 9.97 Å². The first-order valence-corrected chi connectivity index (χ1v) is 16.9. The highest BCUT2D eigenvalue weighted by atomic mass is 31.2. The van der Waals surface area contributed by atoms with Crippen molar-refractivity contribution in [3.63, 3.8) is 0 Å². The number of halogens is 2. The van der Waals surface area contributed by atoms with Crippen LogP contribution in [0.2, 0.25) is 0 Å². The van der Waals surface area contributed by atoms with Gasteiger partial charge >= 0.3 is 0 Å². The lowest BCUT2D eigenvalue weighted by molar-refractivity contribution is 0.627. The molecule has 0 unspecified atom stereocenters. The predicted octanol–water partition coefficient (Wildman–Crippen LogP) is 9.04. The largest absolute Gasteiger partial charge is 0.249 e. The van der Waals surface area contributed by atoms with Crippen LogP contribution in [0.1, 0.15) is 11.4 Å². The van der Waals surface area contributed by atoms with E-state index in [2.05, 4.69) is 91.0 Å². The number of hydrogen-bond acceptors (Lipinski definition) is 2. The quantitative estimate of drug-likeness (QED) is 0.169. The molecule has 0 saturated heterocycles. The zero-order valence-electron chi connectivity index (χ0n) is 24.7. The minimum absolute atomic E-state index is 0.301. The molecule has 0 aliphatic heterocycles. The molecule has 1 heterocycles. The predicted molar refractivity (Wildman–Crippen MR) is 184 cm³/mol. The van der Waals surface area contributed by atoms with Gasteiger partial charge < -0.3 is 0 Å². The lowest BCUT2D eigenvalue weighted by Gasteiger charge is -2.28. The van der Waals surface area contributed by atoms with Crippen LogP contribution in [0.25, 0.3) is 33.3 Å². The fourth-order valence-corrected chi connectivity index (χ4v) is 10.3. The maximum absolute atomic E-state index is 13.9. The summed E-state index contributed by atoms with van der Waals surface area (Å²) in [5, 5.41) is 3.84. The van der Waals surface area contributed by atoms with Crippen molar-refractivity contribution in [3.05, 3.63) is 175 Å². The van der Waals surface area contributed by atoms with Crippen molar-refractivity contribution in [2.45, 2.75) is 13.1 Å². The van der Waals surface area contributed by atoms with Gasteiger partial charge in [0.1, 0.15) is 46.7 Å². The van der Waals surface area contributed by atoms with Crippen LogP contribution in [-0.2, 0) is 6.16 Å². The number of benzene rings is 6. The van der Waals surface area contributed by atoms with E-state index in [-0.39, 0.29) is 11.6 Å². The smallest absolute Gasteiger partial charge is 0.123 e. The maximum Gasteiger partial charge on any atom is 0.123 e. The summed E-state index contributed by atoms with van der Waals surface area (Å²) >= 11 is 0. The molecule has 2 nitrogen and oxygen atoms in total. The summed E-state index contributed by atoms with van der Waals surface area (Å²) in [6.07, 6.45) is 0.700. The molecule has 0 spiro atoms. The topological polar surface area (TPSA) is 25.8 Å². The summed E-state index contributed by atoms with van der Waals surface area (Å²) in [4.78, 5) is 10.4. The Kier molecular flexibility index (Phi) is 7.75. The Hall–Kier alpha value is -5.05. The molecular weight excluding hydrogens is 577 g/mol. The number of aromatic nitrogens is 2. The van der Waals surface area contributed by atoms with E-state index >= 15 is 0 Å². The van der Waals surface area contributed by atoms with Crippen LogP contribution in [-0.4, -0.2) is 9.97 Å². The van der Waals surface area contributed by atoms with Gasteiger partial charge in [0.05, 0.1) is 16.7 Å². The van der Waals surface area contributed by atoms with Crippen LogP contribution in [0.5, 0.6) is 0 Å². The van der Waals surface area contributed by atoms with Gasteiger partial charge in [-0.25, -0.2) is 18.7 Å². The minimum Gasteiger partial charge on any atom is -0.249 e. The van der Waals surface area contributed by atoms with E-state index in [1.165, 1.54) is 40.2 Å². The zero-order valence-corrected chi connectivity index (χ0v) is 25.6. The molecule has 0 amide bonds. The Balaban J connectivity index is 1.45. The van der Waals surface area contributed by atoms with Crippen molar-refractivity contribution in [2.24, 2.45) is 0 Å². The van der Waals surface area contributed by atoms with Gasteiger partial charge in [-0.3, -0.25) is 0 Å². The number of fused-ring (bicyclic) bond motifs is 1. The van der Waals surface area contributed by atoms with Crippen molar-refractivity contribution in [2.75, 3.05) is 0 Å². The first-order chi connectivity index (χ1) is 22.0. The van der Waals surface area contributed by atoms with Crippen molar-refractivity contribution in [3.8, 4) is 22.3 Å². The summed E-state index contributed by atoms with van der Waals surface area (Å²) in [5.41, 5.74) is 6.78. The van der Waals surface area contributed by atoms with Crippen molar-refractivity contribution < 1.29 is 8.78 Å². The molecule has 218 valence electrons. The van der Waals surface area contributed by atoms with E-state index in [0.29, 0.717) is 6.16 Å². The second-order valence-corrected chi connectivity index (χ2v) is 14.6. The van der Waals surface area contributed by atoms with E-state index in [1.807, 2.05) is 19.1 Å². The molecule has 0 bridgehead atoms. The molecule has 7 aromatic rings. The van der Waals surface area contributed by atoms with Gasteiger partial charge in [-0.1, -0.05) is 78.9 Å². The highest BCUT2D eigenvalue weighted by Crippen LogP contribution is 2.58. The third kappa shape index (κ3) is 5.54. The summed E-state index contributed by atoms with van der Waals surface area (Å²) in [7, 11) is -2.20. The Morgan fingerprint density at radius 3 is 1.27 bits per heavy atom. The van der Waals surface area contributed by atoms with Gasteiger partial charge in [0.15, 0.2) is 0 Å². The van der Waals surface area contributed by atoms with E-state index < -0.39 is 7.26 Å². The van der Waals surface area contributed by atoms with Gasteiger partial charge in [-0.05, 0) is 102 Å². The van der Waals surface area contributed by atoms with Gasteiger partial charge in [0.2, 0.25) is 0 Å². The third-order valence-electron chi connectivity index (χ3n) is 8.36. The van der Waals surface area contributed by atoms with E-state index in [1.54, 1.807) is 24.3 Å². The fourth-order valence-electron chi connectivity index (χ4n) is 6.11. The molecule has 0 N–H and O–H groups in total. The maximum atomic E-state index is 13.9. The van der Waals surface area contributed by atoms with E-state index in [9.17, 15) is 8.78 Å². The average molecular weight is 608 g/mol. The second-order valence-electron chi connectivity index (χ2n) is 11.1. The third-order valence-corrected chi connectivity index (χ3v) is 12.7. The number of aryl methyl sites for hydroxylation is 1. The molecule has 0 aliphatic carbocycles. The second kappa shape index (κ2) is 12.1. The summed E-state index contributed by atoms with van der Waals surface area (Å²) in [6.45, 7) is 2.03. The Labute approximate surface area is 262 Å². The van der Waals surface area contributed by atoms with Crippen LogP contribution in [0.3, 0.4) is 0 Å². The Morgan fingerprint density at radius 2 is 0.867 bits per heavy atom. The van der Waals surface area contributed by atoms with Crippen molar-refractivity contribution in [1.29, 1.82) is 0 Å². The number of nitrogens with zero attached hydrogens (tertiary/aromatic N) is 2. The zero-order chi connectivity index (χ0) is 30.8. The molecule has 6 aromatic carbocycles. The molecule has 0 saturated carbocycles. The van der Waals surface area contributed by atoms with Gasteiger partial charge in [-0.2, -0.15) is 0 Å². The molecule has 7 rings (SSSR count). The van der Waals surface area contributed by atoms with E-state index in [0.717, 1.165) is 44.7 Å². The first-order valence-electron chi connectivity index (χ1n) is 14.9. The van der Waals surface area contributed by atoms with Crippen LogP contribution in [0.15, 0.2) is 152 Å². The highest BCUT2D eigenvalue weighted by molar-refractivity contribution is 7.95. The van der Waals surface area contributed by atoms with Crippen molar-refractivity contribution >= 4 is 34.2 Å². The highest BCUT2D eigenvalue weighted by Gasteiger charge is 2.46. The molecule has 1 aromatic heterocycles. The van der Waals surface area contributed by atoms with Gasteiger partial charge in [-0.15, -0.1) is 0 Å².